The van der Waals surface area contributed by atoms with Gasteiger partial charge in [-0.05, 0) is 24.1 Å². The average Bonchev–Trinajstić information content (AvgIpc) is 2.62. The van der Waals surface area contributed by atoms with E-state index in [1.165, 1.54) is 11.3 Å². The molecule has 0 aliphatic carbocycles. The predicted octanol–water partition coefficient (Wildman–Crippen LogP) is 2.92. The molecule has 0 unspecified atom stereocenters. The zero-order chi connectivity index (χ0) is 10.1. The number of fused-ring (bicyclic) bond motifs is 1. The highest BCUT2D eigenvalue weighted by Crippen LogP contribution is 2.31. The summed E-state index contributed by atoms with van der Waals surface area (Å²) in [6, 6.07) is 8.09. The number of nitriles is 1. The van der Waals surface area contributed by atoms with Crippen LogP contribution in [0.4, 0.5) is 5.69 Å². The van der Waals surface area contributed by atoms with Crippen molar-refractivity contribution in [1.29, 1.82) is 5.26 Å². The van der Waals surface area contributed by atoms with Crippen molar-refractivity contribution in [1.82, 2.24) is 0 Å². The third-order valence-corrected chi connectivity index (χ3v) is 3.33. The molecule has 0 spiro atoms. The Morgan fingerprint density at radius 2 is 2.29 bits per heavy atom. The third kappa shape index (κ3) is 1.24. The fraction of sp³-hybridized carbons (Fsp3) is 0.182. The van der Waals surface area contributed by atoms with Crippen LogP contribution >= 0.6 is 11.3 Å². The maximum Gasteiger partial charge on any atom is 0.110 e. The molecule has 2 nitrogen and oxygen atoms in total. The summed E-state index contributed by atoms with van der Waals surface area (Å²) in [6.07, 6.45) is 0.930. The molecular formula is C11H10N2S. The minimum Gasteiger partial charge on any atom is -0.398 e. The summed E-state index contributed by atoms with van der Waals surface area (Å²) < 4.78 is 1.09. The van der Waals surface area contributed by atoms with E-state index in [0.717, 1.165) is 32.6 Å². The van der Waals surface area contributed by atoms with Gasteiger partial charge in [0.15, 0.2) is 0 Å². The second-order valence-corrected chi connectivity index (χ2v) is 4.21. The summed E-state index contributed by atoms with van der Waals surface area (Å²) >= 11 is 1.49. The van der Waals surface area contributed by atoms with Gasteiger partial charge in [-0.25, -0.2) is 0 Å². The van der Waals surface area contributed by atoms with Crippen LogP contribution in [-0.2, 0) is 6.42 Å². The van der Waals surface area contributed by atoms with Gasteiger partial charge in [0.2, 0.25) is 0 Å². The number of thiophene rings is 1. The Hall–Kier alpha value is -1.53. The van der Waals surface area contributed by atoms with Gasteiger partial charge in [0.1, 0.15) is 10.9 Å². The minimum atomic E-state index is 0.722. The molecule has 1 heterocycles. The second-order valence-electron chi connectivity index (χ2n) is 3.13. The number of nitrogens with two attached hydrogens (primary N) is 1. The largest absolute Gasteiger partial charge is 0.398 e. The average molecular weight is 202 g/mol. The number of hydrogen-bond acceptors (Lipinski definition) is 3. The minimum absolute atomic E-state index is 0.722. The molecule has 0 aliphatic rings. The van der Waals surface area contributed by atoms with Crippen LogP contribution in [-0.4, -0.2) is 0 Å². The molecule has 0 radical (unpaired) electrons. The van der Waals surface area contributed by atoms with Crippen molar-refractivity contribution in [2.45, 2.75) is 13.3 Å². The van der Waals surface area contributed by atoms with E-state index in [4.69, 9.17) is 11.0 Å². The summed E-state index contributed by atoms with van der Waals surface area (Å²) in [5.74, 6) is 0. The highest BCUT2D eigenvalue weighted by Gasteiger charge is 2.06. The molecular weight excluding hydrogens is 192 g/mol. The van der Waals surface area contributed by atoms with Gasteiger partial charge in [0, 0.05) is 15.8 Å². The second kappa shape index (κ2) is 3.32. The van der Waals surface area contributed by atoms with Crippen molar-refractivity contribution in [3.8, 4) is 6.07 Å². The van der Waals surface area contributed by atoms with E-state index in [0.29, 0.717) is 0 Å². The molecule has 0 fully saturated rings. The van der Waals surface area contributed by atoms with E-state index >= 15 is 0 Å². The van der Waals surface area contributed by atoms with Crippen LogP contribution in [0, 0.1) is 11.3 Å². The summed E-state index contributed by atoms with van der Waals surface area (Å²) in [6.45, 7) is 2.08. The van der Waals surface area contributed by atoms with E-state index in [2.05, 4.69) is 13.0 Å². The maximum absolute atomic E-state index is 8.78. The van der Waals surface area contributed by atoms with Crippen molar-refractivity contribution in [2.24, 2.45) is 0 Å². The summed E-state index contributed by atoms with van der Waals surface area (Å²) in [7, 11) is 0. The number of rotatable bonds is 1. The quantitative estimate of drug-likeness (QED) is 0.723. The van der Waals surface area contributed by atoms with Crippen LogP contribution in [0.5, 0.6) is 0 Å². The fourth-order valence-corrected chi connectivity index (χ4v) is 2.42. The van der Waals surface area contributed by atoms with Crippen molar-refractivity contribution < 1.29 is 0 Å². The molecule has 0 saturated carbocycles. The number of benzene rings is 1. The van der Waals surface area contributed by atoms with Crippen LogP contribution in [0.25, 0.3) is 10.1 Å². The Morgan fingerprint density at radius 1 is 1.50 bits per heavy atom. The van der Waals surface area contributed by atoms with Crippen molar-refractivity contribution >= 4 is 27.1 Å². The SMILES string of the molecule is CCc1ccc2sc(C#N)cc2c1N. The highest BCUT2D eigenvalue weighted by molar-refractivity contribution is 7.19. The molecule has 1 aromatic heterocycles. The van der Waals surface area contributed by atoms with Crippen molar-refractivity contribution in [3.63, 3.8) is 0 Å². The molecule has 2 rings (SSSR count). The van der Waals surface area contributed by atoms with Crippen LogP contribution < -0.4 is 5.73 Å². The maximum atomic E-state index is 8.78. The molecule has 0 saturated heterocycles. The molecule has 3 heteroatoms. The number of hydrogen-bond donors (Lipinski definition) is 1. The molecule has 0 atom stereocenters. The van der Waals surface area contributed by atoms with Gasteiger partial charge in [0.05, 0.1) is 0 Å². The molecule has 2 N–H and O–H groups in total. The summed E-state index contributed by atoms with van der Waals surface area (Å²) in [4.78, 5) is 0.722. The summed E-state index contributed by atoms with van der Waals surface area (Å²) in [5.41, 5.74) is 7.97. The van der Waals surface area contributed by atoms with E-state index in [-0.39, 0.29) is 0 Å². The van der Waals surface area contributed by atoms with Crippen LogP contribution in [0.15, 0.2) is 18.2 Å². The first kappa shape index (κ1) is 9.04. The predicted molar refractivity (Wildman–Crippen MR) is 60.3 cm³/mol. The number of nitrogen functional groups attached to an aromatic ring is 1. The standard InChI is InChI=1S/C11H10N2S/c1-2-7-3-4-10-9(11(7)13)5-8(6-12)14-10/h3-5H,2,13H2,1H3. The van der Waals surface area contributed by atoms with Gasteiger partial charge >= 0.3 is 0 Å². The van der Waals surface area contributed by atoms with E-state index in [9.17, 15) is 0 Å². The molecule has 1 aromatic carbocycles. The molecule has 14 heavy (non-hydrogen) atoms. The lowest BCUT2D eigenvalue weighted by molar-refractivity contribution is 1.15. The monoisotopic (exact) mass is 202 g/mol. The first-order valence-corrected chi connectivity index (χ1v) is 5.29. The van der Waals surface area contributed by atoms with E-state index in [1.54, 1.807) is 0 Å². The molecule has 0 aliphatic heterocycles. The zero-order valence-corrected chi connectivity index (χ0v) is 8.69. The van der Waals surface area contributed by atoms with E-state index in [1.807, 2.05) is 18.2 Å². The normalized spacial score (nSPS) is 10.3. The van der Waals surface area contributed by atoms with Gasteiger partial charge < -0.3 is 5.73 Å². The van der Waals surface area contributed by atoms with Gasteiger partial charge in [-0.1, -0.05) is 13.0 Å². The molecule has 0 bridgehead atoms. The molecule has 0 amide bonds. The Bertz CT molecular complexity index is 520. The number of aryl methyl sites for hydroxylation is 1. The van der Waals surface area contributed by atoms with Gasteiger partial charge in [-0.3, -0.25) is 0 Å². The first-order valence-electron chi connectivity index (χ1n) is 4.47. The number of nitrogens with zero attached hydrogens (tertiary/aromatic N) is 1. The lowest BCUT2D eigenvalue weighted by Crippen LogP contribution is -1.92. The van der Waals surface area contributed by atoms with Crippen molar-refractivity contribution in [3.05, 3.63) is 28.6 Å². The molecule has 70 valence electrons. The first-order chi connectivity index (χ1) is 6.76. The van der Waals surface area contributed by atoms with Crippen LogP contribution in [0.3, 0.4) is 0 Å². The van der Waals surface area contributed by atoms with Crippen LogP contribution in [0.2, 0.25) is 0 Å². The molecule has 2 aromatic rings. The summed E-state index contributed by atoms with van der Waals surface area (Å²) in [5, 5.41) is 9.79. The van der Waals surface area contributed by atoms with Crippen molar-refractivity contribution in [2.75, 3.05) is 5.73 Å². The zero-order valence-electron chi connectivity index (χ0n) is 7.87. The van der Waals surface area contributed by atoms with Crippen LogP contribution in [0.1, 0.15) is 17.4 Å². The Morgan fingerprint density at radius 3 is 2.93 bits per heavy atom. The van der Waals surface area contributed by atoms with E-state index < -0.39 is 0 Å². The smallest absolute Gasteiger partial charge is 0.110 e. The third-order valence-electron chi connectivity index (χ3n) is 2.32. The fourth-order valence-electron chi connectivity index (χ4n) is 1.54. The topological polar surface area (TPSA) is 49.8 Å². The lowest BCUT2D eigenvalue weighted by atomic mass is 10.1. The number of anilines is 1. The Kier molecular flexibility index (Phi) is 2.14. The van der Waals surface area contributed by atoms with Gasteiger partial charge in [-0.15, -0.1) is 11.3 Å². The highest BCUT2D eigenvalue weighted by atomic mass is 32.1. The Balaban J connectivity index is 2.76. The lowest BCUT2D eigenvalue weighted by Gasteiger charge is -2.02. The van der Waals surface area contributed by atoms with Gasteiger partial charge in [0.25, 0.3) is 0 Å². The Labute approximate surface area is 86.6 Å². The van der Waals surface area contributed by atoms with Gasteiger partial charge in [-0.2, -0.15) is 5.26 Å².